The SMILES string of the molecule is CC1(C)OC2C(=O)[C@@H]3OC(C)(C)O[C@]3(CF)C[C@H]2O1. The summed E-state index contributed by atoms with van der Waals surface area (Å²) in [6.45, 7) is 6.05. The number of carbonyl (C=O) groups excluding carboxylic acids is 1. The molecule has 3 aliphatic rings. The summed E-state index contributed by atoms with van der Waals surface area (Å²) in [6.07, 6.45) is -1.84. The van der Waals surface area contributed by atoms with Crippen LogP contribution in [-0.4, -0.2) is 47.9 Å². The molecule has 5 nitrogen and oxygen atoms in total. The zero-order valence-electron chi connectivity index (χ0n) is 11.6. The summed E-state index contributed by atoms with van der Waals surface area (Å²) in [7, 11) is 0. The lowest BCUT2D eigenvalue weighted by atomic mass is 9.79. The summed E-state index contributed by atoms with van der Waals surface area (Å²) in [6, 6.07) is 0. The van der Waals surface area contributed by atoms with E-state index < -0.39 is 42.2 Å². The molecule has 0 radical (unpaired) electrons. The van der Waals surface area contributed by atoms with E-state index in [-0.39, 0.29) is 12.2 Å². The van der Waals surface area contributed by atoms with Gasteiger partial charge in [0.1, 0.15) is 18.4 Å². The largest absolute Gasteiger partial charge is 0.344 e. The number of hydrogen-bond acceptors (Lipinski definition) is 5. The van der Waals surface area contributed by atoms with Gasteiger partial charge in [-0.15, -0.1) is 0 Å². The molecule has 0 aromatic heterocycles. The van der Waals surface area contributed by atoms with Crippen LogP contribution in [0.1, 0.15) is 34.1 Å². The first-order valence-corrected chi connectivity index (χ1v) is 6.51. The van der Waals surface area contributed by atoms with E-state index in [1.54, 1.807) is 27.7 Å². The number of fused-ring (bicyclic) bond motifs is 2. The number of ketones is 1. The van der Waals surface area contributed by atoms with Gasteiger partial charge in [-0.05, 0) is 27.7 Å². The molecule has 0 bridgehead atoms. The minimum Gasteiger partial charge on any atom is -0.344 e. The van der Waals surface area contributed by atoms with E-state index in [1.165, 1.54) is 0 Å². The third kappa shape index (κ3) is 1.93. The number of rotatable bonds is 1. The van der Waals surface area contributed by atoms with Gasteiger partial charge in [-0.25, -0.2) is 4.39 Å². The standard InChI is InChI=1S/C13H19FO5/c1-11(2)16-7-5-13(6-14)10(8(15)9(7)17-11)18-12(3,4)19-13/h7,9-10H,5-6H2,1-4H3/t7-,9?,10+,13+/m1/s1. The van der Waals surface area contributed by atoms with E-state index in [1.807, 2.05) is 0 Å². The van der Waals surface area contributed by atoms with Gasteiger partial charge in [0.2, 0.25) is 0 Å². The van der Waals surface area contributed by atoms with Crippen LogP contribution in [0.15, 0.2) is 0 Å². The van der Waals surface area contributed by atoms with Gasteiger partial charge in [0.15, 0.2) is 23.5 Å². The smallest absolute Gasteiger partial charge is 0.196 e. The Balaban J connectivity index is 1.94. The number of Topliss-reactive ketones (excluding diaryl/α,β-unsaturated/α-hetero) is 1. The molecule has 108 valence electrons. The van der Waals surface area contributed by atoms with Gasteiger partial charge < -0.3 is 18.9 Å². The fourth-order valence-electron chi connectivity index (χ4n) is 3.29. The van der Waals surface area contributed by atoms with E-state index >= 15 is 0 Å². The summed E-state index contributed by atoms with van der Waals surface area (Å²) in [4.78, 5) is 12.5. The molecule has 0 aromatic rings. The van der Waals surface area contributed by atoms with Gasteiger partial charge in [-0.2, -0.15) is 0 Å². The van der Waals surface area contributed by atoms with Gasteiger partial charge in [-0.1, -0.05) is 0 Å². The molecule has 2 saturated heterocycles. The predicted molar refractivity (Wildman–Crippen MR) is 62.2 cm³/mol. The summed E-state index contributed by atoms with van der Waals surface area (Å²) in [5.74, 6) is -2.10. The Morgan fingerprint density at radius 1 is 1.16 bits per heavy atom. The first kappa shape index (κ1) is 13.4. The zero-order valence-corrected chi connectivity index (χ0v) is 11.6. The van der Waals surface area contributed by atoms with E-state index in [4.69, 9.17) is 18.9 Å². The Kier molecular flexibility index (Phi) is 2.65. The highest BCUT2D eigenvalue weighted by Gasteiger charge is 2.65. The molecule has 19 heavy (non-hydrogen) atoms. The second-order valence-corrected chi connectivity index (χ2v) is 6.40. The Hall–Kier alpha value is -0.560. The molecule has 2 aliphatic heterocycles. The number of alkyl halides is 1. The van der Waals surface area contributed by atoms with Crippen molar-refractivity contribution in [1.29, 1.82) is 0 Å². The molecule has 1 aliphatic carbocycles. The van der Waals surface area contributed by atoms with Crippen molar-refractivity contribution < 1.29 is 28.1 Å². The zero-order chi connectivity index (χ0) is 14.1. The van der Waals surface area contributed by atoms with E-state index in [0.29, 0.717) is 0 Å². The van der Waals surface area contributed by atoms with Crippen LogP contribution >= 0.6 is 0 Å². The maximum Gasteiger partial charge on any atom is 0.196 e. The fraction of sp³-hybridized carbons (Fsp3) is 0.923. The molecule has 0 N–H and O–H groups in total. The van der Waals surface area contributed by atoms with E-state index in [2.05, 4.69) is 0 Å². The number of hydrogen-bond donors (Lipinski definition) is 0. The van der Waals surface area contributed by atoms with Crippen LogP contribution in [-0.2, 0) is 23.7 Å². The summed E-state index contributed by atoms with van der Waals surface area (Å²) >= 11 is 0. The van der Waals surface area contributed by atoms with E-state index in [9.17, 15) is 9.18 Å². The van der Waals surface area contributed by atoms with Crippen molar-refractivity contribution in [2.75, 3.05) is 6.67 Å². The van der Waals surface area contributed by atoms with Gasteiger partial charge in [0.05, 0.1) is 6.10 Å². The molecule has 1 saturated carbocycles. The van der Waals surface area contributed by atoms with Crippen LogP contribution in [0, 0.1) is 0 Å². The molecular formula is C13H19FO5. The van der Waals surface area contributed by atoms with Crippen LogP contribution in [0.25, 0.3) is 0 Å². The van der Waals surface area contributed by atoms with Gasteiger partial charge in [0.25, 0.3) is 0 Å². The molecule has 2 heterocycles. The molecule has 3 fully saturated rings. The highest BCUT2D eigenvalue weighted by molar-refractivity contribution is 5.91. The lowest BCUT2D eigenvalue weighted by Gasteiger charge is -2.37. The number of halogens is 1. The Morgan fingerprint density at radius 2 is 1.84 bits per heavy atom. The van der Waals surface area contributed by atoms with Crippen molar-refractivity contribution in [3.05, 3.63) is 0 Å². The molecule has 3 rings (SSSR count). The monoisotopic (exact) mass is 274 g/mol. The molecule has 0 spiro atoms. The highest BCUT2D eigenvalue weighted by Crippen LogP contribution is 2.48. The molecule has 1 unspecified atom stereocenters. The predicted octanol–water partition coefficient (Wildman–Crippen LogP) is 1.34. The molecule has 0 aromatic carbocycles. The Morgan fingerprint density at radius 3 is 2.47 bits per heavy atom. The van der Waals surface area contributed by atoms with Crippen molar-refractivity contribution in [3.8, 4) is 0 Å². The first-order valence-electron chi connectivity index (χ1n) is 6.51. The second-order valence-electron chi connectivity index (χ2n) is 6.40. The van der Waals surface area contributed by atoms with Crippen LogP contribution in [0.4, 0.5) is 4.39 Å². The Labute approximate surface area is 111 Å². The highest BCUT2D eigenvalue weighted by atomic mass is 19.1. The van der Waals surface area contributed by atoms with Crippen LogP contribution in [0.2, 0.25) is 0 Å². The minimum atomic E-state index is -1.24. The van der Waals surface area contributed by atoms with Crippen molar-refractivity contribution in [3.63, 3.8) is 0 Å². The van der Waals surface area contributed by atoms with Crippen molar-refractivity contribution in [2.45, 2.75) is 69.6 Å². The lowest BCUT2D eigenvalue weighted by Crippen LogP contribution is -2.59. The molecule has 4 atom stereocenters. The summed E-state index contributed by atoms with van der Waals surface area (Å²) < 4.78 is 36.1. The van der Waals surface area contributed by atoms with E-state index in [0.717, 1.165) is 0 Å². The topological polar surface area (TPSA) is 54.0 Å². The maximum absolute atomic E-state index is 13.5. The Bertz CT molecular complexity index is 421. The lowest BCUT2D eigenvalue weighted by molar-refractivity contribution is -0.179. The molecular weight excluding hydrogens is 255 g/mol. The van der Waals surface area contributed by atoms with Gasteiger partial charge in [-0.3, -0.25) is 4.79 Å². The van der Waals surface area contributed by atoms with Gasteiger partial charge in [0, 0.05) is 6.42 Å². The summed E-state index contributed by atoms with van der Waals surface area (Å²) in [5, 5.41) is 0. The first-order chi connectivity index (χ1) is 8.68. The summed E-state index contributed by atoms with van der Waals surface area (Å²) in [5.41, 5.74) is -1.24. The minimum absolute atomic E-state index is 0.261. The molecule has 0 amide bonds. The second kappa shape index (κ2) is 3.75. The number of carbonyl (C=O) groups is 1. The van der Waals surface area contributed by atoms with Crippen molar-refractivity contribution >= 4 is 5.78 Å². The average molecular weight is 274 g/mol. The van der Waals surface area contributed by atoms with Crippen LogP contribution < -0.4 is 0 Å². The van der Waals surface area contributed by atoms with Gasteiger partial charge >= 0.3 is 0 Å². The molecule has 6 heteroatoms. The third-order valence-corrected chi connectivity index (χ3v) is 3.82. The third-order valence-electron chi connectivity index (χ3n) is 3.82. The van der Waals surface area contributed by atoms with Crippen molar-refractivity contribution in [1.82, 2.24) is 0 Å². The average Bonchev–Trinajstić information content (AvgIpc) is 2.72. The number of ether oxygens (including phenoxy) is 4. The maximum atomic E-state index is 13.5. The quantitative estimate of drug-likeness (QED) is 0.722. The van der Waals surface area contributed by atoms with Crippen LogP contribution in [0.5, 0.6) is 0 Å². The fourth-order valence-corrected chi connectivity index (χ4v) is 3.29. The normalized spacial score (nSPS) is 47.0. The van der Waals surface area contributed by atoms with Crippen LogP contribution in [0.3, 0.4) is 0 Å². The van der Waals surface area contributed by atoms with Crippen molar-refractivity contribution in [2.24, 2.45) is 0 Å².